The lowest BCUT2D eigenvalue weighted by atomic mass is 9.82. The van der Waals surface area contributed by atoms with Gasteiger partial charge in [-0.2, -0.15) is 0 Å². The Kier molecular flexibility index (Phi) is 3.33. The van der Waals surface area contributed by atoms with Crippen LogP contribution in [0.1, 0.15) is 22.5 Å². The van der Waals surface area contributed by atoms with Crippen molar-refractivity contribution in [2.45, 2.75) is 23.8 Å². The maximum atomic E-state index is 11.6. The Balaban J connectivity index is 1.78. The van der Waals surface area contributed by atoms with Crippen LogP contribution < -0.4 is 5.32 Å². The molecule has 0 aliphatic heterocycles. The van der Waals surface area contributed by atoms with Gasteiger partial charge in [0.15, 0.2) is 0 Å². The van der Waals surface area contributed by atoms with E-state index in [2.05, 4.69) is 17.9 Å². The SMILES string of the molecule is O=C(NCC1CC(O)C1)c1cc(S)cs1. The highest BCUT2D eigenvalue weighted by atomic mass is 32.1. The second-order valence-corrected chi connectivity index (χ2v) is 5.30. The van der Waals surface area contributed by atoms with Crippen molar-refractivity contribution in [2.75, 3.05) is 6.54 Å². The highest BCUT2D eigenvalue weighted by Crippen LogP contribution is 2.26. The van der Waals surface area contributed by atoms with Crippen LogP contribution in [0, 0.1) is 5.92 Å². The van der Waals surface area contributed by atoms with Crippen molar-refractivity contribution in [1.82, 2.24) is 5.32 Å². The minimum Gasteiger partial charge on any atom is -0.393 e. The van der Waals surface area contributed by atoms with Crippen molar-refractivity contribution < 1.29 is 9.90 Å². The van der Waals surface area contributed by atoms with Gasteiger partial charge in [0.1, 0.15) is 0 Å². The Morgan fingerprint density at radius 3 is 2.93 bits per heavy atom. The van der Waals surface area contributed by atoms with Crippen LogP contribution in [0.3, 0.4) is 0 Å². The zero-order valence-electron chi connectivity index (χ0n) is 8.14. The van der Waals surface area contributed by atoms with Gasteiger partial charge in [-0.05, 0) is 24.8 Å². The number of carbonyl (C=O) groups excluding carboxylic acids is 1. The Labute approximate surface area is 97.9 Å². The first kappa shape index (κ1) is 11.0. The van der Waals surface area contributed by atoms with Gasteiger partial charge >= 0.3 is 0 Å². The molecule has 1 aliphatic rings. The van der Waals surface area contributed by atoms with E-state index < -0.39 is 0 Å². The first-order valence-corrected chi connectivity index (χ1v) is 6.21. The molecule has 0 aromatic carbocycles. The second kappa shape index (κ2) is 4.55. The molecule has 1 aromatic heterocycles. The quantitative estimate of drug-likeness (QED) is 0.705. The van der Waals surface area contributed by atoms with Gasteiger partial charge in [-0.25, -0.2) is 0 Å². The van der Waals surface area contributed by atoms with E-state index in [1.54, 1.807) is 6.07 Å². The molecule has 5 heteroatoms. The Bertz CT molecular complexity index is 358. The molecule has 0 saturated heterocycles. The summed E-state index contributed by atoms with van der Waals surface area (Å²) in [6.45, 7) is 0.662. The molecule has 0 radical (unpaired) electrons. The van der Waals surface area contributed by atoms with E-state index in [0.29, 0.717) is 17.3 Å². The minimum atomic E-state index is -0.155. The third-order valence-electron chi connectivity index (χ3n) is 2.57. The zero-order chi connectivity index (χ0) is 10.8. The molecule has 2 rings (SSSR count). The molecule has 15 heavy (non-hydrogen) atoms. The highest BCUT2D eigenvalue weighted by Gasteiger charge is 2.27. The fourth-order valence-corrected chi connectivity index (χ4v) is 2.70. The molecule has 1 aromatic rings. The summed E-state index contributed by atoms with van der Waals surface area (Å²) in [6, 6.07) is 1.76. The van der Waals surface area contributed by atoms with Gasteiger partial charge in [0.2, 0.25) is 0 Å². The minimum absolute atomic E-state index is 0.0401. The van der Waals surface area contributed by atoms with Gasteiger partial charge in [0.05, 0.1) is 11.0 Å². The van der Waals surface area contributed by atoms with Crippen LogP contribution in [0.15, 0.2) is 16.3 Å². The molecule has 0 spiro atoms. The largest absolute Gasteiger partial charge is 0.393 e. The van der Waals surface area contributed by atoms with Crippen LogP contribution in [0.4, 0.5) is 0 Å². The van der Waals surface area contributed by atoms with Crippen LogP contribution in [0.2, 0.25) is 0 Å². The van der Waals surface area contributed by atoms with Crippen molar-refractivity contribution in [2.24, 2.45) is 5.92 Å². The van der Waals surface area contributed by atoms with Gasteiger partial charge in [0, 0.05) is 16.8 Å². The average Bonchev–Trinajstić information content (AvgIpc) is 2.57. The molecule has 0 unspecified atom stereocenters. The highest BCUT2D eigenvalue weighted by molar-refractivity contribution is 7.80. The molecule has 1 heterocycles. The molecular formula is C10H13NO2S2. The van der Waals surface area contributed by atoms with Crippen molar-refractivity contribution in [3.63, 3.8) is 0 Å². The van der Waals surface area contributed by atoms with Crippen LogP contribution in [0.25, 0.3) is 0 Å². The van der Waals surface area contributed by atoms with Crippen molar-refractivity contribution >= 4 is 29.9 Å². The Morgan fingerprint density at radius 2 is 2.40 bits per heavy atom. The summed E-state index contributed by atoms with van der Waals surface area (Å²) in [5.41, 5.74) is 0. The van der Waals surface area contributed by atoms with Crippen molar-refractivity contribution in [3.8, 4) is 0 Å². The van der Waals surface area contributed by atoms with E-state index >= 15 is 0 Å². The number of thiol groups is 1. The van der Waals surface area contributed by atoms with E-state index in [0.717, 1.165) is 17.7 Å². The number of hydrogen-bond donors (Lipinski definition) is 3. The summed E-state index contributed by atoms with van der Waals surface area (Å²) < 4.78 is 0. The number of hydrogen-bond acceptors (Lipinski definition) is 4. The lowest BCUT2D eigenvalue weighted by molar-refractivity contribution is 0.0420. The number of rotatable bonds is 3. The van der Waals surface area contributed by atoms with Crippen LogP contribution in [-0.2, 0) is 0 Å². The van der Waals surface area contributed by atoms with Crippen molar-refractivity contribution in [3.05, 3.63) is 16.3 Å². The molecule has 0 bridgehead atoms. The van der Waals surface area contributed by atoms with Crippen LogP contribution in [-0.4, -0.2) is 23.7 Å². The summed E-state index contributed by atoms with van der Waals surface area (Å²) in [7, 11) is 0. The van der Waals surface area contributed by atoms with Gasteiger partial charge in [-0.1, -0.05) is 0 Å². The van der Waals surface area contributed by atoms with E-state index in [-0.39, 0.29) is 12.0 Å². The molecule has 1 saturated carbocycles. The maximum absolute atomic E-state index is 11.6. The number of aliphatic hydroxyl groups is 1. The molecule has 82 valence electrons. The predicted octanol–water partition coefficient (Wildman–Crippen LogP) is 1.54. The number of thiophene rings is 1. The number of nitrogens with one attached hydrogen (secondary N) is 1. The Morgan fingerprint density at radius 1 is 1.67 bits per heavy atom. The maximum Gasteiger partial charge on any atom is 0.261 e. The summed E-state index contributed by atoms with van der Waals surface area (Å²) in [4.78, 5) is 13.1. The number of aliphatic hydroxyl groups excluding tert-OH is 1. The smallest absolute Gasteiger partial charge is 0.261 e. The molecule has 1 fully saturated rings. The third kappa shape index (κ3) is 2.74. The van der Waals surface area contributed by atoms with Crippen LogP contribution in [0.5, 0.6) is 0 Å². The molecular weight excluding hydrogens is 230 g/mol. The van der Waals surface area contributed by atoms with E-state index in [1.807, 2.05) is 5.38 Å². The summed E-state index contributed by atoms with van der Waals surface area (Å²) in [5, 5.41) is 13.8. The lowest BCUT2D eigenvalue weighted by Gasteiger charge is -2.31. The number of carbonyl (C=O) groups is 1. The van der Waals surface area contributed by atoms with E-state index in [1.165, 1.54) is 11.3 Å². The van der Waals surface area contributed by atoms with Gasteiger partial charge in [0.25, 0.3) is 5.91 Å². The topological polar surface area (TPSA) is 49.3 Å². The van der Waals surface area contributed by atoms with Gasteiger partial charge in [-0.3, -0.25) is 4.79 Å². The molecule has 3 nitrogen and oxygen atoms in total. The molecule has 1 aliphatic carbocycles. The first-order chi connectivity index (χ1) is 7.15. The van der Waals surface area contributed by atoms with Gasteiger partial charge < -0.3 is 10.4 Å². The number of amides is 1. The predicted molar refractivity (Wildman–Crippen MR) is 62.6 cm³/mol. The van der Waals surface area contributed by atoms with E-state index in [9.17, 15) is 4.79 Å². The fourth-order valence-electron chi connectivity index (χ4n) is 1.64. The summed E-state index contributed by atoms with van der Waals surface area (Å²) in [6.07, 6.45) is 1.46. The first-order valence-electron chi connectivity index (χ1n) is 4.89. The van der Waals surface area contributed by atoms with E-state index in [4.69, 9.17) is 5.11 Å². The van der Waals surface area contributed by atoms with Crippen molar-refractivity contribution in [1.29, 1.82) is 0 Å². The summed E-state index contributed by atoms with van der Waals surface area (Å²) in [5.74, 6) is 0.404. The summed E-state index contributed by atoms with van der Waals surface area (Å²) >= 11 is 5.54. The normalized spacial score (nSPS) is 24.7. The standard InChI is InChI=1S/C10H13NO2S2/c12-7-1-6(2-7)4-11-10(13)9-3-8(14)5-15-9/h3,5-7,12,14H,1-2,4H2,(H,11,13). The monoisotopic (exact) mass is 243 g/mol. The second-order valence-electron chi connectivity index (χ2n) is 3.87. The molecule has 2 N–H and O–H groups in total. The Hall–Kier alpha value is -0.520. The third-order valence-corrected chi connectivity index (χ3v) is 3.93. The van der Waals surface area contributed by atoms with Crippen LogP contribution >= 0.6 is 24.0 Å². The lowest BCUT2D eigenvalue weighted by Crippen LogP contribution is -2.38. The molecule has 1 amide bonds. The fraction of sp³-hybridized carbons (Fsp3) is 0.500. The molecule has 0 atom stereocenters. The average molecular weight is 243 g/mol. The zero-order valence-corrected chi connectivity index (χ0v) is 9.85. The van der Waals surface area contributed by atoms with Gasteiger partial charge in [-0.15, -0.1) is 24.0 Å².